The van der Waals surface area contributed by atoms with E-state index in [4.69, 9.17) is 0 Å². The predicted molar refractivity (Wildman–Crippen MR) is 117 cm³/mol. The second-order valence-corrected chi connectivity index (χ2v) is 6.80. The fraction of sp³-hybridized carbons (Fsp3) is 0.208. The van der Waals surface area contributed by atoms with Crippen LogP contribution in [-0.2, 0) is 17.8 Å². The van der Waals surface area contributed by atoms with Gasteiger partial charge in [0, 0.05) is 20.1 Å². The number of hydrogen-bond acceptors (Lipinski definition) is 3. The molecule has 3 aromatic carbocycles. The number of hydrogen-bond donors (Lipinski definition) is 2. The maximum Gasteiger partial charge on any atom is 0.239 e. The van der Waals surface area contributed by atoms with Gasteiger partial charge < -0.3 is 15.5 Å². The number of rotatable bonds is 9. The molecule has 0 unspecified atom stereocenters. The summed E-state index contributed by atoms with van der Waals surface area (Å²) in [6.45, 7) is 1.70. The van der Waals surface area contributed by atoms with Gasteiger partial charge in [-0.15, -0.1) is 0 Å². The minimum absolute atomic E-state index is 0.00329. The van der Waals surface area contributed by atoms with Gasteiger partial charge in [-0.1, -0.05) is 72.8 Å². The third-order valence-electron chi connectivity index (χ3n) is 4.60. The number of benzene rings is 3. The molecule has 4 heteroatoms. The molecule has 0 saturated carbocycles. The van der Waals surface area contributed by atoms with Crippen molar-refractivity contribution in [2.24, 2.45) is 0 Å². The smallest absolute Gasteiger partial charge is 0.239 e. The van der Waals surface area contributed by atoms with Gasteiger partial charge in [-0.2, -0.15) is 0 Å². The van der Waals surface area contributed by atoms with E-state index in [-0.39, 0.29) is 12.5 Å². The van der Waals surface area contributed by atoms with Gasteiger partial charge >= 0.3 is 0 Å². The van der Waals surface area contributed by atoms with Crippen LogP contribution in [-0.4, -0.2) is 26.0 Å². The molecule has 0 aliphatic rings. The summed E-state index contributed by atoms with van der Waals surface area (Å²) in [5, 5.41) is 6.25. The Balaban J connectivity index is 1.50. The van der Waals surface area contributed by atoms with E-state index < -0.39 is 0 Å². The van der Waals surface area contributed by atoms with E-state index >= 15 is 0 Å². The SMILES string of the molecule is CN(Cc1ccccc1)c1ccccc1NCC(=O)NCCc1ccccc1. The molecule has 144 valence electrons. The maximum absolute atomic E-state index is 12.2. The molecule has 0 atom stereocenters. The highest BCUT2D eigenvalue weighted by molar-refractivity contribution is 5.82. The number of nitrogens with zero attached hydrogens (tertiary/aromatic N) is 1. The van der Waals surface area contributed by atoms with Gasteiger partial charge in [-0.25, -0.2) is 0 Å². The van der Waals surface area contributed by atoms with Crippen molar-refractivity contribution in [1.29, 1.82) is 0 Å². The predicted octanol–water partition coefficient (Wildman–Crippen LogP) is 4.09. The minimum Gasteiger partial charge on any atom is -0.374 e. The van der Waals surface area contributed by atoms with Crippen molar-refractivity contribution in [3.8, 4) is 0 Å². The van der Waals surface area contributed by atoms with Crippen LogP contribution in [0.5, 0.6) is 0 Å². The lowest BCUT2D eigenvalue weighted by Gasteiger charge is -2.23. The van der Waals surface area contributed by atoms with E-state index in [1.165, 1.54) is 11.1 Å². The molecule has 0 aliphatic heterocycles. The highest BCUT2D eigenvalue weighted by Gasteiger charge is 2.09. The Bertz CT molecular complexity index is 865. The Labute approximate surface area is 167 Å². The monoisotopic (exact) mass is 373 g/mol. The summed E-state index contributed by atoms with van der Waals surface area (Å²) in [6, 6.07) is 28.6. The lowest BCUT2D eigenvalue weighted by Crippen LogP contribution is -2.31. The van der Waals surface area contributed by atoms with Crippen molar-refractivity contribution >= 4 is 17.3 Å². The third-order valence-corrected chi connectivity index (χ3v) is 4.60. The van der Waals surface area contributed by atoms with Gasteiger partial charge in [0.2, 0.25) is 5.91 Å². The van der Waals surface area contributed by atoms with Crippen molar-refractivity contribution in [2.45, 2.75) is 13.0 Å². The molecule has 3 aromatic rings. The van der Waals surface area contributed by atoms with Crippen LogP contribution in [0.4, 0.5) is 11.4 Å². The molecule has 0 radical (unpaired) electrons. The second-order valence-electron chi connectivity index (χ2n) is 6.80. The van der Waals surface area contributed by atoms with Gasteiger partial charge in [0.15, 0.2) is 0 Å². The van der Waals surface area contributed by atoms with Gasteiger partial charge in [0.25, 0.3) is 0 Å². The Morgan fingerprint density at radius 2 is 1.43 bits per heavy atom. The fourth-order valence-corrected chi connectivity index (χ4v) is 3.13. The van der Waals surface area contributed by atoms with Crippen LogP contribution in [0.25, 0.3) is 0 Å². The number of carbonyl (C=O) groups is 1. The minimum atomic E-state index is -0.00329. The van der Waals surface area contributed by atoms with Crippen molar-refractivity contribution in [2.75, 3.05) is 30.4 Å². The van der Waals surface area contributed by atoms with Crippen molar-refractivity contribution < 1.29 is 4.79 Å². The zero-order valence-electron chi connectivity index (χ0n) is 16.3. The summed E-state index contributed by atoms with van der Waals surface area (Å²) >= 11 is 0. The van der Waals surface area contributed by atoms with Crippen LogP contribution >= 0.6 is 0 Å². The van der Waals surface area contributed by atoms with E-state index in [0.717, 1.165) is 24.3 Å². The molecule has 3 rings (SSSR count). The average Bonchev–Trinajstić information content (AvgIpc) is 2.74. The van der Waals surface area contributed by atoms with Crippen LogP contribution in [0.15, 0.2) is 84.9 Å². The summed E-state index contributed by atoms with van der Waals surface area (Å²) in [4.78, 5) is 14.4. The van der Waals surface area contributed by atoms with Crippen LogP contribution in [0.1, 0.15) is 11.1 Å². The maximum atomic E-state index is 12.2. The molecule has 0 heterocycles. The van der Waals surface area contributed by atoms with E-state index in [9.17, 15) is 4.79 Å². The first-order valence-electron chi connectivity index (χ1n) is 9.61. The summed E-state index contributed by atoms with van der Waals surface area (Å²) in [6.07, 6.45) is 0.836. The average molecular weight is 374 g/mol. The molecule has 0 spiro atoms. The lowest BCUT2D eigenvalue weighted by atomic mass is 10.1. The largest absolute Gasteiger partial charge is 0.374 e. The Morgan fingerprint density at radius 1 is 0.821 bits per heavy atom. The van der Waals surface area contributed by atoms with E-state index in [1.807, 2.05) is 54.6 Å². The number of nitrogens with one attached hydrogen (secondary N) is 2. The summed E-state index contributed by atoms with van der Waals surface area (Å²) in [5.41, 5.74) is 4.50. The molecular weight excluding hydrogens is 346 g/mol. The summed E-state index contributed by atoms with van der Waals surface area (Å²) in [5.74, 6) is -0.00329. The molecule has 0 fully saturated rings. The normalized spacial score (nSPS) is 10.3. The van der Waals surface area contributed by atoms with Crippen molar-refractivity contribution in [1.82, 2.24) is 5.32 Å². The fourth-order valence-electron chi connectivity index (χ4n) is 3.13. The molecule has 4 nitrogen and oxygen atoms in total. The molecule has 28 heavy (non-hydrogen) atoms. The molecule has 0 saturated heterocycles. The molecule has 0 aliphatic carbocycles. The number of para-hydroxylation sites is 2. The van der Waals surface area contributed by atoms with E-state index in [1.54, 1.807) is 0 Å². The van der Waals surface area contributed by atoms with E-state index in [0.29, 0.717) is 6.54 Å². The standard InChI is InChI=1S/C24H27N3O/c1-27(19-21-12-6-3-7-13-21)23-15-9-8-14-22(23)26-18-24(28)25-17-16-20-10-4-2-5-11-20/h2-15,26H,16-19H2,1H3,(H,25,28). The Kier molecular flexibility index (Phi) is 7.08. The number of amides is 1. The first-order valence-corrected chi connectivity index (χ1v) is 9.61. The number of carbonyl (C=O) groups excluding carboxylic acids is 1. The summed E-state index contributed by atoms with van der Waals surface area (Å²) in [7, 11) is 2.06. The van der Waals surface area contributed by atoms with Crippen LogP contribution in [0, 0.1) is 0 Å². The zero-order chi connectivity index (χ0) is 19.6. The topological polar surface area (TPSA) is 44.4 Å². The van der Waals surface area contributed by atoms with Crippen LogP contribution < -0.4 is 15.5 Å². The van der Waals surface area contributed by atoms with Crippen LogP contribution in [0.2, 0.25) is 0 Å². The van der Waals surface area contributed by atoms with Gasteiger partial charge in [-0.05, 0) is 29.7 Å². The van der Waals surface area contributed by atoms with Crippen molar-refractivity contribution in [3.63, 3.8) is 0 Å². The number of anilines is 2. The Morgan fingerprint density at radius 3 is 2.14 bits per heavy atom. The molecule has 0 aromatic heterocycles. The lowest BCUT2D eigenvalue weighted by molar-refractivity contribution is -0.119. The molecule has 2 N–H and O–H groups in total. The zero-order valence-corrected chi connectivity index (χ0v) is 16.3. The quantitative estimate of drug-likeness (QED) is 0.594. The van der Waals surface area contributed by atoms with Gasteiger partial charge in [0.1, 0.15) is 0 Å². The van der Waals surface area contributed by atoms with Gasteiger partial charge in [-0.3, -0.25) is 4.79 Å². The van der Waals surface area contributed by atoms with E-state index in [2.05, 4.69) is 52.9 Å². The first-order chi connectivity index (χ1) is 13.7. The first kappa shape index (κ1) is 19.5. The Hall–Kier alpha value is -3.27. The summed E-state index contributed by atoms with van der Waals surface area (Å²) < 4.78 is 0. The van der Waals surface area contributed by atoms with Crippen LogP contribution in [0.3, 0.4) is 0 Å². The molecule has 0 bridgehead atoms. The highest BCUT2D eigenvalue weighted by atomic mass is 16.1. The van der Waals surface area contributed by atoms with Crippen molar-refractivity contribution in [3.05, 3.63) is 96.1 Å². The van der Waals surface area contributed by atoms with Gasteiger partial charge in [0.05, 0.1) is 17.9 Å². The third kappa shape index (κ3) is 5.88. The molecule has 1 amide bonds. The highest BCUT2D eigenvalue weighted by Crippen LogP contribution is 2.25. The second kappa shape index (κ2) is 10.2. The molecular formula is C24H27N3O.